The van der Waals surface area contributed by atoms with Crippen molar-refractivity contribution in [3.63, 3.8) is 0 Å². The van der Waals surface area contributed by atoms with Gasteiger partial charge in [0.25, 0.3) is 5.91 Å². The molecule has 1 N–H and O–H groups in total. The first-order chi connectivity index (χ1) is 13.1. The van der Waals surface area contributed by atoms with Gasteiger partial charge in [0.05, 0.1) is 18.0 Å². The summed E-state index contributed by atoms with van der Waals surface area (Å²) < 4.78 is 0. The van der Waals surface area contributed by atoms with Crippen LogP contribution in [0, 0.1) is 5.92 Å². The maximum absolute atomic E-state index is 12.9. The number of pyridine rings is 1. The minimum absolute atomic E-state index is 0.00254. The third-order valence-corrected chi connectivity index (χ3v) is 5.43. The number of carbonyl (C=O) groups excluding carboxylic acids is 3. The van der Waals surface area contributed by atoms with E-state index in [4.69, 9.17) is 0 Å². The van der Waals surface area contributed by atoms with Crippen LogP contribution in [-0.2, 0) is 9.59 Å². The second kappa shape index (κ2) is 8.94. The highest BCUT2D eigenvalue weighted by Gasteiger charge is 2.34. The fourth-order valence-electron chi connectivity index (χ4n) is 4.03. The fraction of sp³-hybridized carbons (Fsp3) is 0.579. The number of nitrogens with zero attached hydrogens (tertiary/aromatic N) is 4. The average molecular weight is 374 g/mol. The van der Waals surface area contributed by atoms with E-state index in [1.165, 1.54) is 16.2 Å². The molecule has 2 heterocycles. The minimum Gasteiger partial charge on any atom is -0.286 e. The minimum atomic E-state index is -0.561. The molecule has 8 heteroatoms. The Kier molecular flexibility index (Phi) is 6.39. The zero-order valence-corrected chi connectivity index (χ0v) is 15.4. The van der Waals surface area contributed by atoms with Gasteiger partial charge in [-0.25, -0.2) is 10.1 Å². The molecule has 3 rings (SSSR count). The first-order valence-electron chi connectivity index (χ1n) is 9.55. The van der Waals surface area contributed by atoms with Crippen LogP contribution in [-0.4, -0.2) is 62.6 Å². The molecular formula is C19H26N4O4. The molecule has 0 spiro atoms. The Morgan fingerprint density at radius 2 is 2.00 bits per heavy atom. The Labute approximate surface area is 158 Å². The van der Waals surface area contributed by atoms with E-state index in [0.717, 1.165) is 25.7 Å². The summed E-state index contributed by atoms with van der Waals surface area (Å²) in [6, 6.07) is 2.79. The number of amides is 3. The number of aromatic nitrogens is 1. The summed E-state index contributed by atoms with van der Waals surface area (Å²) in [5, 5.41) is 13.4. The maximum atomic E-state index is 12.9. The summed E-state index contributed by atoms with van der Waals surface area (Å²) in [5.41, 5.74) is 0.427. The van der Waals surface area contributed by atoms with E-state index in [-0.39, 0.29) is 18.2 Å². The predicted octanol–water partition coefficient (Wildman–Crippen LogP) is 1.86. The lowest BCUT2D eigenvalue weighted by Crippen LogP contribution is -2.47. The topological polar surface area (TPSA) is 94.0 Å². The molecule has 1 aliphatic heterocycles. The third kappa shape index (κ3) is 4.63. The zero-order chi connectivity index (χ0) is 19.2. The van der Waals surface area contributed by atoms with Gasteiger partial charge >= 0.3 is 0 Å². The van der Waals surface area contributed by atoms with Crippen LogP contribution in [0.2, 0.25) is 0 Å². The molecule has 1 saturated heterocycles. The third-order valence-electron chi connectivity index (χ3n) is 5.43. The lowest BCUT2D eigenvalue weighted by Gasteiger charge is -2.31. The summed E-state index contributed by atoms with van der Waals surface area (Å²) >= 11 is 0. The molecule has 1 aromatic rings. The van der Waals surface area contributed by atoms with Crippen LogP contribution in [0.5, 0.6) is 0 Å². The largest absolute Gasteiger partial charge is 0.286 e. The van der Waals surface area contributed by atoms with Crippen molar-refractivity contribution in [1.82, 2.24) is 20.1 Å². The molecule has 1 atom stereocenters. The summed E-state index contributed by atoms with van der Waals surface area (Å²) in [6.45, 7) is 0.913. The van der Waals surface area contributed by atoms with Gasteiger partial charge in [-0.3, -0.25) is 29.6 Å². The smallest absolute Gasteiger partial charge is 0.274 e. The average Bonchev–Trinajstić information content (AvgIpc) is 3.38. The highest BCUT2D eigenvalue weighted by Crippen LogP contribution is 2.30. The van der Waals surface area contributed by atoms with Crippen LogP contribution in [0.4, 0.5) is 0 Å². The molecule has 2 aliphatic rings. The van der Waals surface area contributed by atoms with Crippen LogP contribution in [0.3, 0.4) is 0 Å². The molecule has 1 saturated carbocycles. The highest BCUT2D eigenvalue weighted by molar-refractivity contribution is 5.95. The fourth-order valence-corrected chi connectivity index (χ4v) is 4.03. The van der Waals surface area contributed by atoms with E-state index in [1.807, 2.05) is 0 Å². The number of hydrogen-bond acceptors (Lipinski definition) is 5. The van der Waals surface area contributed by atoms with Crippen LogP contribution < -0.4 is 0 Å². The Balaban J connectivity index is 1.66. The lowest BCUT2D eigenvalue weighted by molar-refractivity contribution is -0.166. The molecule has 146 valence electrons. The number of hydrogen-bond donors (Lipinski definition) is 1. The quantitative estimate of drug-likeness (QED) is 0.447. The maximum Gasteiger partial charge on any atom is 0.274 e. The number of hydrazine groups is 1. The van der Waals surface area contributed by atoms with Crippen LogP contribution in [0.15, 0.2) is 24.5 Å². The lowest BCUT2D eigenvalue weighted by atomic mass is 9.96. The number of rotatable bonds is 7. The Morgan fingerprint density at radius 1 is 1.26 bits per heavy atom. The molecular weight excluding hydrogens is 348 g/mol. The Hall–Kier alpha value is -2.48. The first-order valence-corrected chi connectivity index (χ1v) is 9.55. The Bertz CT molecular complexity index is 663. The van der Waals surface area contributed by atoms with Crippen LogP contribution >= 0.6 is 0 Å². The summed E-state index contributed by atoms with van der Waals surface area (Å²) in [7, 11) is 0. The van der Waals surface area contributed by atoms with E-state index < -0.39 is 6.04 Å². The molecule has 0 radical (unpaired) electrons. The van der Waals surface area contributed by atoms with Gasteiger partial charge in [0.1, 0.15) is 0 Å². The van der Waals surface area contributed by atoms with Gasteiger partial charge in [-0.15, -0.1) is 0 Å². The van der Waals surface area contributed by atoms with E-state index in [0.29, 0.717) is 48.9 Å². The van der Waals surface area contributed by atoms with E-state index >= 15 is 0 Å². The van der Waals surface area contributed by atoms with E-state index in [2.05, 4.69) is 4.98 Å². The molecule has 1 aliphatic carbocycles. The van der Waals surface area contributed by atoms with Gasteiger partial charge < -0.3 is 0 Å². The molecule has 0 bridgehead atoms. The van der Waals surface area contributed by atoms with E-state index in [9.17, 15) is 19.6 Å². The predicted molar refractivity (Wildman–Crippen MR) is 96.3 cm³/mol. The van der Waals surface area contributed by atoms with Crippen molar-refractivity contribution in [2.75, 3.05) is 13.1 Å². The molecule has 1 unspecified atom stereocenters. The zero-order valence-electron chi connectivity index (χ0n) is 15.4. The first kappa shape index (κ1) is 19.3. The normalized spacial score (nSPS) is 18.6. The highest BCUT2D eigenvalue weighted by atomic mass is 16.5. The van der Waals surface area contributed by atoms with Gasteiger partial charge in [0, 0.05) is 25.5 Å². The van der Waals surface area contributed by atoms with Crippen molar-refractivity contribution in [1.29, 1.82) is 0 Å². The summed E-state index contributed by atoms with van der Waals surface area (Å²) in [5.74, 6) is -0.102. The Morgan fingerprint density at radius 3 is 2.67 bits per heavy atom. The molecule has 1 aromatic heterocycles. The van der Waals surface area contributed by atoms with Gasteiger partial charge in [-0.1, -0.05) is 25.7 Å². The van der Waals surface area contributed by atoms with Crippen molar-refractivity contribution in [3.8, 4) is 0 Å². The van der Waals surface area contributed by atoms with Crippen molar-refractivity contribution >= 4 is 18.2 Å². The number of hydroxylamine groups is 2. The van der Waals surface area contributed by atoms with E-state index in [1.54, 1.807) is 18.3 Å². The number of carbonyl (C=O) groups is 3. The van der Waals surface area contributed by atoms with Crippen LogP contribution in [0.25, 0.3) is 0 Å². The van der Waals surface area contributed by atoms with Crippen molar-refractivity contribution in [3.05, 3.63) is 30.1 Å². The van der Waals surface area contributed by atoms with Crippen molar-refractivity contribution < 1.29 is 19.6 Å². The van der Waals surface area contributed by atoms with Gasteiger partial charge in [0.15, 0.2) is 0 Å². The standard InChI is InChI=1S/C19H26N4O4/c24-14-23(27)17(11-15-5-1-2-6-15)12-18(25)21-9-4-10-22(21)19(26)16-7-3-8-20-13-16/h3,7-8,13-15,17,27H,1-2,4-6,9-12H2. The molecule has 0 aromatic carbocycles. The van der Waals surface area contributed by atoms with Crippen molar-refractivity contribution in [2.24, 2.45) is 5.92 Å². The molecule has 3 amide bonds. The van der Waals surface area contributed by atoms with Gasteiger partial charge in [-0.05, 0) is 30.9 Å². The van der Waals surface area contributed by atoms with Gasteiger partial charge in [0.2, 0.25) is 12.3 Å². The second-order valence-electron chi connectivity index (χ2n) is 7.27. The SMILES string of the molecule is O=CN(O)C(CC(=O)N1CCCN1C(=O)c1cccnc1)CC1CCCC1. The molecule has 2 fully saturated rings. The summed E-state index contributed by atoms with van der Waals surface area (Å²) in [4.78, 5) is 40.6. The molecule has 27 heavy (non-hydrogen) atoms. The van der Waals surface area contributed by atoms with Gasteiger partial charge in [-0.2, -0.15) is 0 Å². The van der Waals surface area contributed by atoms with Crippen molar-refractivity contribution in [2.45, 2.75) is 51.0 Å². The molecule has 8 nitrogen and oxygen atoms in total. The summed E-state index contributed by atoms with van der Waals surface area (Å²) in [6.07, 6.45) is 9.15. The second-order valence-corrected chi connectivity index (χ2v) is 7.27. The van der Waals surface area contributed by atoms with Crippen LogP contribution in [0.1, 0.15) is 55.3 Å². The monoisotopic (exact) mass is 374 g/mol.